The van der Waals surface area contributed by atoms with Crippen molar-refractivity contribution >= 4 is 0 Å². The predicted molar refractivity (Wildman–Crippen MR) is 55.7 cm³/mol. The monoisotopic (exact) mass is 185 g/mol. The van der Waals surface area contributed by atoms with E-state index in [2.05, 4.69) is 25.8 Å². The second kappa shape index (κ2) is 4.97. The van der Waals surface area contributed by atoms with Crippen molar-refractivity contribution in [1.82, 2.24) is 4.90 Å². The number of aliphatic hydroxyl groups is 1. The van der Waals surface area contributed by atoms with Gasteiger partial charge in [-0.05, 0) is 52.6 Å². The summed E-state index contributed by atoms with van der Waals surface area (Å²) in [5.74, 6) is 0.571. The van der Waals surface area contributed by atoms with Gasteiger partial charge in [-0.25, -0.2) is 0 Å². The van der Waals surface area contributed by atoms with E-state index in [4.69, 9.17) is 0 Å². The Bertz CT molecular complexity index is 147. The van der Waals surface area contributed by atoms with Gasteiger partial charge in [-0.3, -0.25) is 0 Å². The molecule has 1 saturated carbocycles. The molecule has 1 aliphatic carbocycles. The first-order chi connectivity index (χ1) is 6.11. The highest BCUT2D eigenvalue weighted by molar-refractivity contribution is 4.77. The van der Waals surface area contributed by atoms with Gasteiger partial charge in [0, 0.05) is 6.04 Å². The zero-order valence-electron chi connectivity index (χ0n) is 9.16. The maximum atomic E-state index is 9.62. The molecule has 2 nitrogen and oxygen atoms in total. The molecule has 1 aliphatic rings. The van der Waals surface area contributed by atoms with Crippen molar-refractivity contribution in [2.24, 2.45) is 5.92 Å². The van der Waals surface area contributed by atoms with Crippen LogP contribution in [-0.2, 0) is 0 Å². The van der Waals surface area contributed by atoms with Crippen LogP contribution < -0.4 is 0 Å². The third kappa shape index (κ3) is 3.28. The first-order valence-corrected chi connectivity index (χ1v) is 5.49. The van der Waals surface area contributed by atoms with Crippen LogP contribution in [0.2, 0.25) is 0 Å². The van der Waals surface area contributed by atoms with Crippen molar-refractivity contribution in [1.29, 1.82) is 0 Å². The van der Waals surface area contributed by atoms with Gasteiger partial charge in [-0.2, -0.15) is 0 Å². The Morgan fingerprint density at radius 2 is 2.08 bits per heavy atom. The van der Waals surface area contributed by atoms with Gasteiger partial charge in [-0.1, -0.05) is 6.42 Å². The molecule has 2 atom stereocenters. The fourth-order valence-corrected chi connectivity index (χ4v) is 1.98. The third-order valence-electron chi connectivity index (χ3n) is 3.35. The van der Waals surface area contributed by atoms with E-state index in [0.29, 0.717) is 12.0 Å². The largest absolute Gasteiger partial charge is 0.393 e. The summed E-state index contributed by atoms with van der Waals surface area (Å²) >= 11 is 0. The Morgan fingerprint density at radius 3 is 2.54 bits per heavy atom. The van der Waals surface area contributed by atoms with E-state index in [9.17, 15) is 5.11 Å². The van der Waals surface area contributed by atoms with Crippen molar-refractivity contribution in [3.63, 3.8) is 0 Å². The second-order valence-electron chi connectivity index (χ2n) is 4.62. The van der Waals surface area contributed by atoms with Gasteiger partial charge < -0.3 is 10.0 Å². The highest BCUT2D eigenvalue weighted by atomic mass is 16.3. The summed E-state index contributed by atoms with van der Waals surface area (Å²) in [7, 11) is 2.16. The molecular formula is C11H23NO. The van der Waals surface area contributed by atoms with E-state index in [1.54, 1.807) is 0 Å². The number of nitrogens with zero attached hydrogens (tertiary/aromatic N) is 1. The van der Waals surface area contributed by atoms with Gasteiger partial charge in [0.25, 0.3) is 0 Å². The van der Waals surface area contributed by atoms with Crippen molar-refractivity contribution in [3.8, 4) is 0 Å². The maximum absolute atomic E-state index is 9.62. The number of rotatable bonds is 4. The van der Waals surface area contributed by atoms with Crippen LogP contribution >= 0.6 is 0 Å². The van der Waals surface area contributed by atoms with Crippen LogP contribution in [0.3, 0.4) is 0 Å². The molecule has 1 rings (SSSR count). The molecular weight excluding hydrogens is 162 g/mol. The molecule has 0 heterocycles. The van der Waals surface area contributed by atoms with Crippen molar-refractivity contribution < 1.29 is 5.11 Å². The van der Waals surface area contributed by atoms with E-state index in [0.717, 1.165) is 19.4 Å². The van der Waals surface area contributed by atoms with E-state index < -0.39 is 0 Å². The molecule has 13 heavy (non-hydrogen) atoms. The van der Waals surface area contributed by atoms with E-state index in [1.165, 1.54) is 12.8 Å². The number of hydrogen-bond donors (Lipinski definition) is 1. The molecule has 0 aliphatic heterocycles. The zero-order chi connectivity index (χ0) is 9.84. The first kappa shape index (κ1) is 11.0. The summed E-state index contributed by atoms with van der Waals surface area (Å²) in [6.45, 7) is 5.55. The molecule has 0 aromatic carbocycles. The summed E-state index contributed by atoms with van der Waals surface area (Å²) in [6.07, 6.45) is 4.62. The third-order valence-corrected chi connectivity index (χ3v) is 3.35. The number of hydrogen-bond acceptors (Lipinski definition) is 2. The van der Waals surface area contributed by atoms with Crippen LogP contribution in [0, 0.1) is 5.92 Å². The van der Waals surface area contributed by atoms with Crippen LogP contribution in [0.25, 0.3) is 0 Å². The normalized spacial score (nSPS) is 29.1. The standard InChI is InChI=1S/C11H23NO/c1-9(2)12(3)8-7-10-5-4-6-11(10)13/h9-11,13H,4-8H2,1-3H3. The van der Waals surface area contributed by atoms with Crippen LogP contribution in [0.5, 0.6) is 0 Å². The summed E-state index contributed by atoms with van der Waals surface area (Å²) in [5.41, 5.74) is 0. The molecule has 1 N–H and O–H groups in total. The molecule has 0 radical (unpaired) electrons. The van der Waals surface area contributed by atoms with Crippen molar-refractivity contribution in [3.05, 3.63) is 0 Å². The van der Waals surface area contributed by atoms with Gasteiger partial charge in [-0.15, -0.1) is 0 Å². The van der Waals surface area contributed by atoms with Crippen LogP contribution in [0.1, 0.15) is 39.5 Å². The summed E-state index contributed by atoms with van der Waals surface area (Å²) in [5, 5.41) is 9.62. The van der Waals surface area contributed by atoms with Gasteiger partial charge >= 0.3 is 0 Å². The predicted octanol–water partition coefficient (Wildman–Crippen LogP) is 1.88. The molecule has 0 aromatic heterocycles. The van der Waals surface area contributed by atoms with E-state index in [-0.39, 0.29) is 6.10 Å². The van der Waals surface area contributed by atoms with E-state index in [1.807, 2.05) is 0 Å². The molecule has 0 bridgehead atoms. The lowest BCUT2D eigenvalue weighted by atomic mass is 10.0. The Labute approximate surface area is 81.9 Å². The zero-order valence-corrected chi connectivity index (χ0v) is 9.16. The summed E-state index contributed by atoms with van der Waals surface area (Å²) in [6, 6.07) is 0.624. The highest BCUT2D eigenvalue weighted by Crippen LogP contribution is 2.28. The average molecular weight is 185 g/mol. The van der Waals surface area contributed by atoms with Crippen molar-refractivity contribution in [2.45, 2.75) is 51.7 Å². The molecule has 2 heteroatoms. The van der Waals surface area contributed by atoms with Crippen molar-refractivity contribution in [2.75, 3.05) is 13.6 Å². The first-order valence-electron chi connectivity index (χ1n) is 5.49. The SMILES string of the molecule is CC(C)N(C)CCC1CCCC1O. The summed E-state index contributed by atoms with van der Waals surface area (Å²) < 4.78 is 0. The molecule has 78 valence electrons. The van der Waals surface area contributed by atoms with Crippen LogP contribution in [0.15, 0.2) is 0 Å². The molecule has 0 amide bonds. The molecule has 2 unspecified atom stereocenters. The van der Waals surface area contributed by atoms with Gasteiger partial charge in [0.1, 0.15) is 0 Å². The second-order valence-corrected chi connectivity index (χ2v) is 4.62. The lowest BCUT2D eigenvalue weighted by molar-refractivity contribution is 0.117. The fraction of sp³-hybridized carbons (Fsp3) is 1.00. The molecule has 0 saturated heterocycles. The smallest absolute Gasteiger partial charge is 0.0568 e. The van der Waals surface area contributed by atoms with Gasteiger partial charge in [0.2, 0.25) is 0 Å². The minimum Gasteiger partial charge on any atom is -0.393 e. The Kier molecular flexibility index (Phi) is 4.20. The van der Waals surface area contributed by atoms with Crippen LogP contribution in [-0.4, -0.2) is 35.7 Å². The topological polar surface area (TPSA) is 23.5 Å². The molecule has 1 fully saturated rings. The Morgan fingerprint density at radius 1 is 1.38 bits per heavy atom. The van der Waals surface area contributed by atoms with Gasteiger partial charge in [0.05, 0.1) is 6.10 Å². The maximum Gasteiger partial charge on any atom is 0.0568 e. The van der Waals surface area contributed by atoms with E-state index >= 15 is 0 Å². The average Bonchev–Trinajstić information content (AvgIpc) is 2.47. The fourth-order valence-electron chi connectivity index (χ4n) is 1.98. The highest BCUT2D eigenvalue weighted by Gasteiger charge is 2.24. The Hall–Kier alpha value is -0.0800. The minimum absolute atomic E-state index is 0.0134. The lowest BCUT2D eigenvalue weighted by Crippen LogP contribution is -2.29. The quantitative estimate of drug-likeness (QED) is 0.723. The summed E-state index contributed by atoms with van der Waals surface area (Å²) in [4.78, 5) is 2.35. The molecule has 0 aromatic rings. The van der Waals surface area contributed by atoms with Gasteiger partial charge in [0.15, 0.2) is 0 Å². The minimum atomic E-state index is -0.0134. The molecule has 0 spiro atoms. The lowest BCUT2D eigenvalue weighted by Gasteiger charge is -2.23. The van der Waals surface area contributed by atoms with Crippen LogP contribution in [0.4, 0.5) is 0 Å². The Balaban J connectivity index is 2.18. The number of aliphatic hydroxyl groups excluding tert-OH is 1.